The Bertz CT molecular complexity index is 547. The Labute approximate surface area is 117 Å². The fraction of sp³-hybridized carbons (Fsp3) is 0.385. The van der Waals surface area contributed by atoms with E-state index in [4.69, 9.17) is 11.6 Å². The number of carbonyl (C=O) groups excluding carboxylic acids is 1. The number of urea groups is 1. The molecule has 1 aromatic rings. The number of carbonyl (C=O) groups is 1. The Hall–Kier alpha value is -1.75. The number of amides is 2. The SMILES string of the molecule is C=CCn1c(Cl)nc2c1C(=CCC)NC(=O)N2CC. The highest BCUT2D eigenvalue weighted by atomic mass is 35.5. The van der Waals surface area contributed by atoms with Gasteiger partial charge in [0.15, 0.2) is 5.82 Å². The molecule has 5 nitrogen and oxygen atoms in total. The van der Waals surface area contributed by atoms with Crippen molar-refractivity contribution in [1.29, 1.82) is 0 Å². The number of anilines is 1. The topological polar surface area (TPSA) is 50.2 Å². The van der Waals surface area contributed by atoms with Crippen LogP contribution in [-0.4, -0.2) is 22.1 Å². The number of nitrogens with one attached hydrogen (secondary N) is 1. The lowest BCUT2D eigenvalue weighted by atomic mass is 10.2. The minimum atomic E-state index is -0.172. The molecule has 0 fully saturated rings. The second-order valence-electron chi connectivity index (χ2n) is 4.15. The van der Waals surface area contributed by atoms with Gasteiger partial charge in [0, 0.05) is 13.1 Å². The predicted octanol–water partition coefficient (Wildman–Crippen LogP) is 3.02. The van der Waals surface area contributed by atoms with Crippen molar-refractivity contribution in [3.63, 3.8) is 0 Å². The summed E-state index contributed by atoms with van der Waals surface area (Å²) in [7, 11) is 0. The lowest BCUT2D eigenvalue weighted by molar-refractivity contribution is 0.249. The van der Waals surface area contributed by atoms with Crippen molar-refractivity contribution in [3.05, 3.63) is 29.7 Å². The van der Waals surface area contributed by atoms with E-state index in [9.17, 15) is 4.79 Å². The lowest BCUT2D eigenvalue weighted by Crippen LogP contribution is -2.43. The number of allylic oxidation sites excluding steroid dienone is 2. The smallest absolute Gasteiger partial charge is 0.308 e. The molecule has 0 radical (unpaired) electrons. The Balaban J connectivity index is 2.64. The first-order valence-electron chi connectivity index (χ1n) is 6.29. The van der Waals surface area contributed by atoms with Crippen molar-refractivity contribution in [3.8, 4) is 0 Å². The first-order valence-corrected chi connectivity index (χ1v) is 6.67. The Morgan fingerprint density at radius 2 is 2.21 bits per heavy atom. The van der Waals surface area contributed by atoms with Crippen LogP contribution in [-0.2, 0) is 6.54 Å². The number of imidazole rings is 1. The van der Waals surface area contributed by atoms with Crippen LogP contribution in [0, 0.1) is 0 Å². The molecule has 1 aliphatic heterocycles. The van der Waals surface area contributed by atoms with Crippen LogP contribution in [0.3, 0.4) is 0 Å². The molecule has 1 aromatic heterocycles. The summed E-state index contributed by atoms with van der Waals surface area (Å²) >= 11 is 6.16. The van der Waals surface area contributed by atoms with Crippen LogP contribution < -0.4 is 10.2 Å². The summed E-state index contributed by atoms with van der Waals surface area (Å²) in [5.74, 6) is 0.609. The van der Waals surface area contributed by atoms with Gasteiger partial charge >= 0.3 is 6.03 Å². The maximum atomic E-state index is 12.0. The van der Waals surface area contributed by atoms with E-state index in [0.717, 1.165) is 17.8 Å². The largest absolute Gasteiger partial charge is 0.327 e. The summed E-state index contributed by atoms with van der Waals surface area (Å²) in [6.45, 7) is 8.73. The van der Waals surface area contributed by atoms with Crippen LogP contribution in [0.2, 0.25) is 5.28 Å². The van der Waals surface area contributed by atoms with E-state index in [1.54, 1.807) is 11.0 Å². The number of aromatic nitrogens is 2. The van der Waals surface area contributed by atoms with Gasteiger partial charge < -0.3 is 9.88 Å². The van der Waals surface area contributed by atoms with Crippen LogP contribution in [0.4, 0.5) is 10.6 Å². The van der Waals surface area contributed by atoms with Crippen molar-refractivity contribution in [2.24, 2.45) is 0 Å². The Morgan fingerprint density at radius 1 is 1.47 bits per heavy atom. The summed E-state index contributed by atoms with van der Waals surface area (Å²) in [5, 5.41) is 3.24. The fourth-order valence-corrected chi connectivity index (χ4v) is 2.38. The first-order chi connectivity index (χ1) is 9.13. The molecule has 1 aliphatic rings. The lowest BCUT2D eigenvalue weighted by Gasteiger charge is -2.27. The summed E-state index contributed by atoms with van der Waals surface area (Å²) in [6, 6.07) is -0.172. The third-order valence-corrected chi connectivity index (χ3v) is 3.22. The van der Waals surface area contributed by atoms with Gasteiger partial charge in [-0.05, 0) is 24.9 Å². The zero-order chi connectivity index (χ0) is 14.0. The van der Waals surface area contributed by atoms with Gasteiger partial charge in [-0.3, -0.25) is 4.90 Å². The van der Waals surface area contributed by atoms with Gasteiger partial charge in [-0.1, -0.05) is 19.1 Å². The monoisotopic (exact) mass is 280 g/mol. The molecule has 0 saturated heterocycles. The van der Waals surface area contributed by atoms with Gasteiger partial charge in [-0.25, -0.2) is 4.79 Å². The molecule has 0 unspecified atom stereocenters. The van der Waals surface area contributed by atoms with E-state index in [1.807, 2.05) is 24.5 Å². The Morgan fingerprint density at radius 3 is 2.79 bits per heavy atom. The van der Waals surface area contributed by atoms with Gasteiger partial charge in [0.25, 0.3) is 0 Å². The molecular formula is C13H17ClN4O. The molecule has 0 saturated carbocycles. The molecule has 19 heavy (non-hydrogen) atoms. The third-order valence-electron chi connectivity index (χ3n) is 2.94. The van der Waals surface area contributed by atoms with Crippen LogP contribution in [0.15, 0.2) is 18.7 Å². The number of rotatable bonds is 4. The van der Waals surface area contributed by atoms with Gasteiger partial charge in [0.05, 0.1) is 5.70 Å². The molecule has 2 rings (SSSR count). The average molecular weight is 281 g/mol. The van der Waals surface area contributed by atoms with Crippen molar-refractivity contribution in [2.45, 2.75) is 26.8 Å². The number of halogens is 1. The molecule has 2 amide bonds. The number of fused-ring (bicyclic) bond motifs is 1. The molecule has 0 aliphatic carbocycles. The van der Waals surface area contributed by atoms with E-state index in [2.05, 4.69) is 16.9 Å². The molecule has 0 spiro atoms. The van der Waals surface area contributed by atoms with E-state index < -0.39 is 0 Å². The zero-order valence-corrected chi connectivity index (χ0v) is 11.9. The second-order valence-corrected chi connectivity index (χ2v) is 4.49. The fourth-order valence-electron chi connectivity index (χ4n) is 2.15. The summed E-state index contributed by atoms with van der Waals surface area (Å²) in [4.78, 5) is 17.9. The van der Waals surface area contributed by atoms with Crippen molar-refractivity contribution in [1.82, 2.24) is 14.9 Å². The summed E-state index contributed by atoms with van der Waals surface area (Å²) in [6.07, 6.45) is 4.53. The third kappa shape index (κ3) is 2.26. The van der Waals surface area contributed by atoms with Crippen LogP contribution in [0.5, 0.6) is 0 Å². The molecule has 2 heterocycles. The molecule has 0 bridgehead atoms. The number of nitrogens with zero attached hydrogens (tertiary/aromatic N) is 3. The van der Waals surface area contributed by atoms with E-state index in [0.29, 0.717) is 24.2 Å². The van der Waals surface area contributed by atoms with E-state index >= 15 is 0 Å². The maximum absolute atomic E-state index is 12.0. The quantitative estimate of drug-likeness (QED) is 0.862. The summed E-state index contributed by atoms with van der Waals surface area (Å²) < 4.78 is 1.84. The minimum Gasteiger partial charge on any atom is -0.308 e. The van der Waals surface area contributed by atoms with Crippen molar-refractivity contribution >= 4 is 29.1 Å². The van der Waals surface area contributed by atoms with Crippen LogP contribution in [0.1, 0.15) is 26.0 Å². The number of hydrogen-bond donors (Lipinski definition) is 1. The van der Waals surface area contributed by atoms with Crippen molar-refractivity contribution < 1.29 is 4.79 Å². The van der Waals surface area contributed by atoms with Gasteiger partial charge in [-0.15, -0.1) is 6.58 Å². The predicted molar refractivity (Wildman–Crippen MR) is 77.3 cm³/mol. The first kappa shape index (κ1) is 13.7. The summed E-state index contributed by atoms with van der Waals surface area (Å²) in [5.41, 5.74) is 1.60. The van der Waals surface area contributed by atoms with E-state index in [1.165, 1.54) is 0 Å². The highest BCUT2D eigenvalue weighted by molar-refractivity contribution is 6.29. The van der Waals surface area contributed by atoms with Crippen LogP contribution in [0.25, 0.3) is 5.70 Å². The van der Waals surface area contributed by atoms with Crippen molar-refractivity contribution in [2.75, 3.05) is 11.4 Å². The molecular weight excluding hydrogens is 264 g/mol. The van der Waals surface area contributed by atoms with Gasteiger partial charge in [-0.2, -0.15) is 4.98 Å². The minimum absolute atomic E-state index is 0.172. The molecule has 6 heteroatoms. The Kier molecular flexibility index (Phi) is 3.95. The highest BCUT2D eigenvalue weighted by Gasteiger charge is 2.31. The normalized spacial score (nSPS) is 16.5. The van der Waals surface area contributed by atoms with Crippen LogP contribution >= 0.6 is 11.6 Å². The zero-order valence-electron chi connectivity index (χ0n) is 11.1. The molecule has 0 aromatic carbocycles. The van der Waals surface area contributed by atoms with E-state index in [-0.39, 0.29) is 6.03 Å². The molecule has 1 N–H and O–H groups in total. The standard InChI is InChI=1S/C13H17ClN4O/c1-4-7-9-10-11(17(6-3)13(19)15-9)16-12(14)18(10)8-5-2/h5,7H,2,4,6,8H2,1,3H3,(H,15,19). The highest BCUT2D eigenvalue weighted by Crippen LogP contribution is 2.33. The second kappa shape index (κ2) is 5.48. The molecule has 102 valence electrons. The van der Waals surface area contributed by atoms with Gasteiger partial charge in [0.2, 0.25) is 5.28 Å². The number of hydrogen-bond acceptors (Lipinski definition) is 2. The average Bonchev–Trinajstić information content (AvgIpc) is 2.68. The maximum Gasteiger partial charge on any atom is 0.327 e. The molecule has 0 atom stereocenters. The van der Waals surface area contributed by atoms with Gasteiger partial charge in [0.1, 0.15) is 5.69 Å².